The van der Waals surface area contributed by atoms with Crippen LogP contribution in [-0.4, -0.2) is 47.1 Å². The van der Waals surface area contributed by atoms with Crippen LogP contribution < -0.4 is 26.5 Å². The minimum absolute atomic E-state index is 0.0144. The summed E-state index contributed by atoms with van der Waals surface area (Å²) in [4.78, 5) is 25.8. The molecule has 10 nitrogen and oxygen atoms in total. The number of carbonyl (C=O) groups is 1. The Labute approximate surface area is 220 Å². The number of nitrogens with two attached hydrogens (primary N) is 1. The number of phenols is 1. The van der Waals surface area contributed by atoms with E-state index in [-0.39, 0.29) is 35.1 Å². The lowest BCUT2D eigenvalue weighted by atomic mass is 9.83. The van der Waals surface area contributed by atoms with E-state index in [1.165, 1.54) is 0 Å². The fourth-order valence-corrected chi connectivity index (χ4v) is 4.67. The van der Waals surface area contributed by atoms with Crippen LogP contribution in [0.25, 0.3) is 11.0 Å². The molecule has 1 aromatic carbocycles. The van der Waals surface area contributed by atoms with E-state index in [9.17, 15) is 19.8 Å². The van der Waals surface area contributed by atoms with E-state index >= 15 is 0 Å². The highest BCUT2D eigenvalue weighted by atomic mass is 16.6. The van der Waals surface area contributed by atoms with Crippen molar-refractivity contribution in [3.63, 3.8) is 0 Å². The number of nitrogens with one attached hydrogen (secondary N) is 2. The number of fused-ring (bicyclic) bond motifs is 2. The number of hydrogen-bond donors (Lipinski definition) is 5. The SMILES string of the molecule is C/C=C(/CNCC)C(=O)O[C@@H]1Cc2c(cc3oc(CO)cc(=O)c3c2O)O[C@@]1(C)CCC1=CNC(N)C=C1. The van der Waals surface area contributed by atoms with Gasteiger partial charge < -0.3 is 40.5 Å². The third kappa shape index (κ3) is 5.62. The third-order valence-electron chi connectivity index (χ3n) is 6.99. The predicted octanol–water partition coefficient (Wildman–Crippen LogP) is 2.26. The van der Waals surface area contributed by atoms with Crippen LogP contribution in [0.15, 0.2) is 56.9 Å². The fourth-order valence-electron chi connectivity index (χ4n) is 4.67. The molecule has 0 amide bonds. The molecule has 0 radical (unpaired) electrons. The number of esters is 1. The summed E-state index contributed by atoms with van der Waals surface area (Å²) in [5.74, 6) is -0.355. The monoisotopic (exact) mass is 525 g/mol. The van der Waals surface area contributed by atoms with Crippen LogP contribution >= 0.6 is 0 Å². The van der Waals surface area contributed by atoms with Gasteiger partial charge in [-0.25, -0.2) is 4.79 Å². The molecular formula is C28H35N3O7. The first-order chi connectivity index (χ1) is 18.2. The summed E-state index contributed by atoms with van der Waals surface area (Å²) in [7, 11) is 0. The predicted molar refractivity (Wildman–Crippen MR) is 143 cm³/mol. The maximum Gasteiger partial charge on any atom is 0.335 e. The molecule has 0 saturated heterocycles. The zero-order chi connectivity index (χ0) is 27.4. The average Bonchev–Trinajstić information content (AvgIpc) is 2.89. The number of carbonyl (C=O) groups excluding carboxylic acids is 1. The van der Waals surface area contributed by atoms with Gasteiger partial charge in [-0.05, 0) is 44.9 Å². The van der Waals surface area contributed by atoms with Gasteiger partial charge in [0.25, 0.3) is 0 Å². The van der Waals surface area contributed by atoms with Gasteiger partial charge in [0.15, 0.2) is 5.43 Å². The number of benzene rings is 1. The largest absolute Gasteiger partial charge is 0.507 e. The molecule has 1 aromatic heterocycles. The molecule has 38 heavy (non-hydrogen) atoms. The molecule has 1 unspecified atom stereocenters. The van der Waals surface area contributed by atoms with Gasteiger partial charge in [0, 0.05) is 42.4 Å². The molecule has 3 heterocycles. The third-order valence-corrected chi connectivity index (χ3v) is 6.99. The van der Waals surface area contributed by atoms with E-state index in [4.69, 9.17) is 19.6 Å². The summed E-state index contributed by atoms with van der Waals surface area (Å²) in [6.07, 6.45) is 7.59. The minimum Gasteiger partial charge on any atom is -0.507 e. The van der Waals surface area contributed by atoms with Crippen molar-refractivity contribution < 1.29 is 28.9 Å². The number of allylic oxidation sites excluding steroid dienone is 3. The molecule has 2 aromatic rings. The van der Waals surface area contributed by atoms with Crippen molar-refractivity contribution in [1.29, 1.82) is 0 Å². The van der Waals surface area contributed by atoms with Crippen molar-refractivity contribution in [3.8, 4) is 11.5 Å². The van der Waals surface area contributed by atoms with Crippen molar-refractivity contribution in [2.75, 3.05) is 13.1 Å². The first kappa shape index (κ1) is 27.4. The normalized spacial score (nSPS) is 22.9. The van der Waals surface area contributed by atoms with Crippen LogP contribution in [0.4, 0.5) is 0 Å². The maximum absolute atomic E-state index is 13.1. The molecule has 3 atom stereocenters. The van der Waals surface area contributed by atoms with Crippen LogP contribution in [0.1, 0.15) is 44.9 Å². The van der Waals surface area contributed by atoms with Gasteiger partial charge in [-0.3, -0.25) is 4.79 Å². The summed E-state index contributed by atoms with van der Waals surface area (Å²) in [5.41, 5.74) is 6.35. The Kier molecular flexibility index (Phi) is 8.25. The van der Waals surface area contributed by atoms with Crippen molar-refractivity contribution in [1.82, 2.24) is 10.6 Å². The van der Waals surface area contributed by atoms with Gasteiger partial charge in [-0.2, -0.15) is 0 Å². The Balaban J connectivity index is 1.71. The topological polar surface area (TPSA) is 156 Å². The Morgan fingerprint density at radius 2 is 2.18 bits per heavy atom. The van der Waals surface area contributed by atoms with Crippen molar-refractivity contribution in [2.24, 2.45) is 5.73 Å². The molecule has 4 rings (SSSR count). The van der Waals surface area contributed by atoms with Gasteiger partial charge in [0.1, 0.15) is 46.5 Å². The molecule has 10 heteroatoms. The lowest BCUT2D eigenvalue weighted by Gasteiger charge is -2.42. The molecule has 204 valence electrons. The fraction of sp³-hybridized carbons (Fsp3) is 0.429. The van der Waals surface area contributed by atoms with Gasteiger partial charge in [-0.1, -0.05) is 19.1 Å². The summed E-state index contributed by atoms with van der Waals surface area (Å²) in [6, 6.07) is 2.69. The highest BCUT2D eigenvalue weighted by Crippen LogP contribution is 2.44. The van der Waals surface area contributed by atoms with Gasteiger partial charge in [-0.15, -0.1) is 0 Å². The Morgan fingerprint density at radius 1 is 1.39 bits per heavy atom. The van der Waals surface area contributed by atoms with E-state index in [0.29, 0.717) is 42.8 Å². The zero-order valence-corrected chi connectivity index (χ0v) is 21.9. The molecule has 6 N–H and O–H groups in total. The zero-order valence-electron chi connectivity index (χ0n) is 21.9. The van der Waals surface area contributed by atoms with Crippen molar-refractivity contribution in [3.05, 3.63) is 69.3 Å². The number of likely N-dealkylation sites (N-methyl/N-ethyl adjacent to an activating group) is 1. The molecule has 0 bridgehead atoms. The highest BCUT2D eigenvalue weighted by Gasteiger charge is 2.45. The summed E-state index contributed by atoms with van der Waals surface area (Å²) < 4.78 is 18.1. The van der Waals surface area contributed by atoms with Gasteiger partial charge in [0.2, 0.25) is 0 Å². The Morgan fingerprint density at radius 3 is 2.84 bits per heavy atom. The van der Waals surface area contributed by atoms with Crippen LogP contribution in [0.2, 0.25) is 0 Å². The van der Waals surface area contributed by atoms with E-state index in [0.717, 1.165) is 11.6 Å². The summed E-state index contributed by atoms with van der Waals surface area (Å²) >= 11 is 0. The molecular weight excluding hydrogens is 490 g/mol. The second-order valence-corrected chi connectivity index (χ2v) is 9.69. The summed E-state index contributed by atoms with van der Waals surface area (Å²) in [6.45, 7) is 6.19. The first-order valence-electron chi connectivity index (χ1n) is 12.8. The van der Waals surface area contributed by atoms with E-state index in [1.54, 1.807) is 19.1 Å². The second-order valence-electron chi connectivity index (χ2n) is 9.69. The van der Waals surface area contributed by atoms with Crippen molar-refractivity contribution in [2.45, 2.75) is 64.5 Å². The van der Waals surface area contributed by atoms with Crippen LogP contribution in [0, 0.1) is 0 Å². The first-order valence-corrected chi connectivity index (χ1v) is 12.8. The summed E-state index contributed by atoms with van der Waals surface area (Å²) in [5, 5.41) is 26.7. The highest BCUT2D eigenvalue weighted by molar-refractivity contribution is 5.89. The van der Waals surface area contributed by atoms with Crippen LogP contribution in [0.5, 0.6) is 11.5 Å². The van der Waals surface area contributed by atoms with Gasteiger partial charge in [0.05, 0.1) is 6.17 Å². The number of aliphatic hydroxyl groups excluding tert-OH is 1. The average molecular weight is 526 g/mol. The molecule has 0 saturated carbocycles. The number of dihydropyridines is 1. The van der Waals surface area contributed by atoms with Crippen molar-refractivity contribution >= 4 is 16.9 Å². The lowest BCUT2D eigenvalue weighted by molar-refractivity contribution is -0.158. The maximum atomic E-state index is 13.1. The molecule has 2 aliphatic rings. The van der Waals surface area contributed by atoms with E-state index in [1.807, 2.05) is 32.2 Å². The molecule has 0 spiro atoms. The van der Waals surface area contributed by atoms with Crippen LogP contribution in [-0.2, 0) is 22.6 Å². The number of ether oxygens (including phenoxy) is 2. The number of rotatable bonds is 9. The smallest absolute Gasteiger partial charge is 0.335 e. The van der Waals surface area contributed by atoms with Gasteiger partial charge >= 0.3 is 5.97 Å². The van der Waals surface area contributed by atoms with E-state index < -0.39 is 29.7 Å². The number of hydrogen-bond acceptors (Lipinski definition) is 10. The lowest BCUT2D eigenvalue weighted by Crippen LogP contribution is -2.51. The quantitative estimate of drug-likeness (QED) is 0.243. The number of phenolic OH excluding ortho intramolecular Hbond substituents is 1. The minimum atomic E-state index is -0.969. The molecule has 2 aliphatic heterocycles. The molecule has 0 fully saturated rings. The number of aliphatic hydroxyl groups is 1. The van der Waals surface area contributed by atoms with Crippen LogP contribution in [0.3, 0.4) is 0 Å². The Hall–Kier alpha value is -3.60. The number of aromatic hydroxyl groups is 1. The standard InChI is InChI=1S/C28H35N3O7/c1-4-17(14-30-5-2)27(35)37-23-11-19-21(12-22-25(26(19)34)20(33)10-18(15-32)36-22)38-28(23,3)9-8-16-6-7-24(29)31-13-16/h4,6-7,10,12-13,23-24,30-32,34H,5,8-9,11,14-15,29H2,1-3H3/b17-4-/t23-,24?,28+/m1/s1. The van der Waals surface area contributed by atoms with E-state index in [2.05, 4.69) is 10.6 Å². The Bertz CT molecular complexity index is 1360. The second kappa shape index (κ2) is 11.4. The molecule has 0 aliphatic carbocycles.